The highest BCUT2D eigenvalue weighted by atomic mass is 79.9. The number of hydrogen-bond acceptors (Lipinski definition) is 2. The van der Waals surface area contributed by atoms with Crippen LogP contribution in [0.4, 0.5) is 0 Å². The first kappa shape index (κ1) is 13.6. The highest BCUT2D eigenvalue weighted by Gasteiger charge is 2.54. The second kappa shape index (κ2) is 4.88. The largest absolute Gasteiger partial charge is 0.481 e. The topological polar surface area (TPSA) is 57.6 Å². The monoisotopic (exact) mass is 337 g/mol. The van der Waals surface area contributed by atoms with E-state index in [2.05, 4.69) is 15.9 Å². The number of carbonyl (C=O) groups is 2. The Bertz CT molecular complexity index is 568. The third-order valence-corrected chi connectivity index (χ3v) is 4.85. The van der Waals surface area contributed by atoms with Gasteiger partial charge in [-0.25, -0.2) is 0 Å². The van der Waals surface area contributed by atoms with Gasteiger partial charge in [-0.05, 0) is 37.0 Å². The van der Waals surface area contributed by atoms with Crippen molar-refractivity contribution in [3.05, 3.63) is 34.3 Å². The first-order valence-corrected chi connectivity index (χ1v) is 7.60. The summed E-state index contributed by atoms with van der Waals surface area (Å²) in [5, 5.41) is 9.04. The van der Waals surface area contributed by atoms with Crippen molar-refractivity contribution in [2.75, 3.05) is 13.1 Å². The number of aliphatic carboxylic acids is 1. The summed E-state index contributed by atoms with van der Waals surface area (Å²) in [6.07, 6.45) is 2.28. The van der Waals surface area contributed by atoms with Crippen molar-refractivity contribution < 1.29 is 14.7 Å². The lowest BCUT2D eigenvalue weighted by Gasteiger charge is -2.23. The van der Waals surface area contributed by atoms with E-state index < -0.39 is 17.3 Å². The van der Waals surface area contributed by atoms with Crippen molar-refractivity contribution in [2.45, 2.75) is 24.7 Å². The van der Waals surface area contributed by atoms with Crippen molar-refractivity contribution in [1.29, 1.82) is 0 Å². The first-order chi connectivity index (χ1) is 9.53. The maximum atomic E-state index is 12.7. The fourth-order valence-corrected chi connectivity index (χ4v) is 3.39. The normalized spacial score (nSPS) is 23.6. The molecule has 2 aliphatic rings. The van der Waals surface area contributed by atoms with Crippen LogP contribution in [0.1, 0.15) is 24.8 Å². The number of nitrogens with zero attached hydrogens (tertiary/aromatic N) is 1. The number of benzene rings is 1. The highest BCUT2D eigenvalue weighted by Crippen LogP contribution is 2.50. The fourth-order valence-electron chi connectivity index (χ4n) is 2.99. The van der Waals surface area contributed by atoms with Crippen LogP contribution in [0.15, 0.2) is 28.7 Å². The Morgan fingerprint density at radius 1 is 1.35 bits per heavy atom. The molecule has 5 heteroatoms. The minimum atomic E-state index is -0.799. The fraction of sp³-hybridized carbons (Fsp3) is 0.467. The van der Waals surface area contributed by atoms with E-state index in [4.69, 9.17) is 5.11 Å². The summed E-state index contributed by atoms with van der Waals surface area (Å²) in [4.78, 5) is 25.5. The van der Waals surface area contributed by atoms with Gasteiger partial charge in [-0.3, -0.25) is 9.59 Å². The highest BCUT2D eigenvalue weighted by molar-refractivity contribution is 9.10. The van der Waals surface area contributed by atoms with Gasteiger partial charge >= 0.3 is 5.97 Å². The standard InChI is InChI=1S/C15H16BrNO3/c16-12-3-1-2-11(8-12)15(5-6-15)14(20)17-7-4-10(9-17)13(18)19/h1-3,8,10H,4-7,9H2,(H,18,19)/t10-/m1/s1. The predicted molar refractivity (Wildman–Crippen MR) is 77.4 cm³/mol. The summed E-state index contributed by atoms with van der Waals surface area (Å²) in [5.41, 5.74) is 0.632. The molecule has 1 N–H and O–H groups in total. The van der Waals surface area contributed by atoms with Crippen molar-refractivity contribution in [2.24, 2.45) is 5.92 Å². The quantitative estimate of drug-likeness (QED) is 0.921. The lowest BCUT2D eigenvalue weighted by molar-refractivity contribution is -0.141. The minimum absolute atomic E-state index is 0.0966. The molecular formula is C15H16BrNO3. The van der Waals surface area contributed by atoms with Crippen LogP contribution < -0.4 is 0 Å². The number of carboxylic acid groups (broad SMARTS) is 1. The van der Waals surface area contributed by atoms with Crippen LogP contribution in [0, 0.1) is 5.92 Å². The Labute approximate surface area is 125 Å². The number of hydrogen-bond donors (Lipinski definition) is 1. The molecule has 4 nitrogen and oxygen atoms in total. The molecule has 1 heterocycles. The van der Waals surface area contributed by atoms with Gasteiger partial charge in [0.05, 0.1) is 11.3 Å². The van der Waals surface area contributed by atoms with Gasteiger partial charge in [0.2, 0.25) is 5.91 Å². The van der Waals surface area contributed by atoms with E-state index in [1.54, 1.807) is 4.90 Å². The smallest absolute Gasteiger partial charge is 0.308 e. The summed E-state index contributed by atoms with van der Waals surface area (Å²) in [6, 6.07) is 7.87. The van der Waals surface area contributed by atoms with Crippen molar-refractivity contribution in [3.8, 4) is 0 Å². The molecular weight excluding hydrogens is 322 g/mol. The van der Waals surface area contributed by atoms with E-state index in [1.165, 1.54) is 0 Å². The van der Waals surface area contributed by atoms with Crippen molar-refractivity contribution in [3.63, 3.8) is 0 Å². The molecule has 0 aromatic heterocycles. The third kappa shape index (κ3) is 2.24. The van der Waals surface area contributed by atoms with E-state index >= 15 is 0 Å². The summed E-state index contributed by atoms with van der Waals surface area (Å²) in [7, 11) is 0. The van der Waals surface area contributed by atoms with Crippen molar-refractivity contribution in [1.82, 2.24) is 4.90 Å². The molecule has 1 saturated heterocycles. The van der Waals surface area contributed by atoms with Crippen LogP contribution in [-0.2, 0) is 15.0 Å². The molecule has 1 aromatic carbocycles. The molecule has 0 bridgehead atoms. The van der Waals surface area contributed by atoms with Crippen molar-refractivity contribution >= 4 is 27.8 Å². The molecule has 0 unspecified atom stereocenters. The Balaban J connectivity index is 1.79. The Morgan fingerprint density at radius 2 is 2.10 bits per heavy atom. The molecule has 20 heavy (non-hydrogen) atoms. The Hall–Kier alpha value is -1.36. The minimum Gasteiger partial charge on any atom is -0.481 e. The summed E-state index contributed by atoms with van der Waals surface area (Å²) >= 11 is 3.44. The molecule has 1 amide bonds. The van der Waals surface area contributed by atoms with E-state index in [1.807, 2.05) is 24.3 Å². The van der Waals surface area contributed by atoms with E-state index in [-0.39, 0.29) is 5.91 Å². The summed E-state index contributed by atoms with van der Waals surface area (Å²) < 4.78 is 0.971. The molecule has 1 saturated carbocycles. The van der Waals surface area contributed by atoms with Gasteiger partial charge in [0.1, 0.15) is 0 Å². The SMILES string of the molecule is O=C(O)[C@@H]1CCN(C(=O)C2(c3cccc(Br)c3)CC2)C1. The first-order valence-electron chi connectivity index (χ1n) is 6.81. The summed E-state index contributed by atoms with van der Waals surface area (Å²) in [5.74, 6) is -1.11. The van der Waals surface area contributed by atoms with Gasteiger partial charge in [-0.2, -0.15) is 0 Å². The number of carbonyl (C=O) groups excluding carboxylic acids is 1. The number of likely N-dealkylation sites (tertiary alicyclic amines) is 1. The Morgan fingerprint density at radius 3 is 2.65 bits per heavy atom. The molecule has 1 aliphatic heterocycles. The zero-order valence-electron chi connectivity index (χ0n) is 11.0. The number of carboxylic acids is 1. The second-order valence-electron chi connectivity index (χ2n) is 5.67. The third-order valence-electron chi connectivity index (χ3n) is 4.36. The maximum absolute atomic E-state index is 12.7. The molecule has 0 radical (unpaired) electrons. The van der Waals surface area contributed by atoms with Crippen LogP contribution in [0.2, 0.25) is 0 Å². The average Bonchev–Trinajstić information content (AvgIpc) is 3.08. The van der Waals surface area contributed by atoms with Crippen LogP contribution in [-0.4, -0.2) is 35.0 Å². The van der Waals surface area contributed by atoms with Gasteiger partial charge in [0.25, 0.3) is 0 Å². The number of rotatable bonds is 3. The van der Waals surface area contributed by atoms with Gasteiger partial charge in [0.15, 0.2) is 0 Å². The van der Waals surface area contributed by atoms with E-state index in [9.17, 15) is 9.59 Å². The lowest BCUT2D eigenvalue weighted by atomic mass is 9.94. The predicted octanol–water partition coefficient (Wildman–Crippen LogP) is 2.41. The summed E-state index contributed by atoms with van der Waals surface area (Å²) in [6.45, 7) is 0.912. The van der Waals surface area contributed by atoms with Crippen LogP contribution in [0.3, 0.4) is 0 Å². The molecule has 3 rings (SSSR count). The van der Waals surface area contributed by atoms with Gasteiger partial charge in [0, 0.05) is 17.6 Å². The molecule has 1 aliphatic carbocycles. The molecule has 1 atom stereocenters. The molecule has 0 spiro atoms. The lowest BCUT2D eigenvalue weighted by Crippen LogP contribution is -2.38. The number of halogens is 1. The zero-order valence-corrected chi connectivity index (χ0v) is 12.6. The maximum Gasteiger partial charge on any atom is 0.308 e. The second-order valence-corrected chi connectivity index (χ2v) is 6.58. The van der Waals surface area contributed by atoms with Crippen LogP contribution >= 0.6 is 15.9 Å². The average molecular weight is 338 g/mol. The van der Waals surface area contributed by atoms with Crippen LogP contribution in [0.25, 0.3) is 0 Å². The Kier molecular flexibility index (Phi) is 3.32. The van der Waals surface area contributed by atoms with Crippen LogP contribution in [0.5, 0.6) is 0 Å². The van der Waals surface area contributed by atoms with E-state index in [0.29, 0.717) is 19.5 Å². The zero-order chi connectivity index (χ0) is 14.3. The number of amides is 1. The molecule has 2 fully saturated rings. The van der Waals surface area contributed by atoms with E-state index in [0.717, 1.165) is 22.9 Å². The molecule has 106 valence electrons. The molecule has 1 aromatic rings. The van der Waals surface area contributed by atoms with Gasteiger partial charge in [-0.15, -0.1) is 0 Å². The van der Waals surface area contributed by atoms with Gasteiger partial charge < -0.3 is 10.0 Å². The van der Waals surface area contributed by atoms with Gasteiger partial charge in [-0.1, -0.05) is 28.1 Å².